The van der Waals surface area contributed by atoms with Crippen LogP contribution in [0.3, 0.4) is 0 Å². The fourth-order valence-electron chi connectivity index (χ4n) is 1.35. The summed E-state index contributed by atoms with van der Waals surface area (Å²) in [6, 6.07) is 5.21. The van der Waals surface area contributed by atoms with E-state index in [0.717, 1.165) is 18.8 Å². The number of carbonyl (C=O) groups excluding carboxylic acids is 1. The highest BCUT2D eigenvalue weighted by atomic mass is 16.1. The lowest BCUT2D eigenvalue weighted by Gasteiger charge is -2.14. The molecule has 0 unspecified atom stereocenters. The number of benzene rings is 1. The van der Waals surface area contributed by atoms with Crippen molar-refractivity contribution in [1.29, 1.82) is 0 Å². The van der Waals surface area contributed by atoms with Crippen molar-refractivity contribution in [2.75, 3.05) is 38.2 Å². The quantitative estimate of drug-likeness (QED) is 0.627. The van der Waals surface area contributed by atoms with Crippen LogP contribution in [0, 0.1) is 0 Å². The first kappa shape index (κ1) is 12.3. The Balaban J connectivity index is 2.73. The van der Waals surface area contributed by atoms with E-state index in [1.165, 1.54) is 0 Å². The highest BCUT2D eigenvalue weighted by Crippen LogP contribution is 2.21. The summed E-state index contributed by atoms with van der Waals surface area (Å²) in [7, 11) is 3.98. The maximum Gasteiger partial charge on any atom is 0.250 e. The molecule has 16 heavy (non-hydrogen) atoms. The Morgan fingerprint density at radius 2 is 2.12 bits per heavy atom. The summed E-state index contributed by atoms with van der Waals surface area (Å²) in [5.41, 5.74) is 12.5. The molecule has 0 fully saturated rings. The number of anilines is 2. The summed E-state index contributed by atoms with van der Waals surface area (Å²) in [6.07, 6.45) is 0. The van der Waals surface area contributed by atoms with Crippen LogP contribution in [-0.4, -0.2) is 38.0 Å². The lowest BCUT2D eigenvalue weighted by molar-refractivity contribution is 0.100. The molecule has 0 aliphatic heterocycles. The SMILES string of the molecule is CN(C)CCNc1cccc(C(N)=O)c1N. The van der Waals surface area contributed by atoms with Crippen molar-refractivity contribution in [2.24, 2.45) is 5.73 Å². The topological polar surface area (TPSA) is 84.4 Å². The minimum absolute atomic E-state index is 0.356. The summed E-state index contributed by atoms with van der Waals surface area (Å²) in [5, 5.41) is 3.17. The van der Waals surface area contributed by atoms with Gasteiger partial charge < -0.3 is 21.7 Å². The second-order valence-corrected chi connectivity index (χ2v) is 3.86. The molecule has 0 aliphatic rings. The van der Waals surface area contributed by atoms with Crippen LogP contribution in [0.15, 0.2) is 18.2 Å². The molecule has 5 N–H and O–H groups in total. The van der Waals surface area contributed by atoms with Crippen LogP contribution in [0.1, 0.15) is 10.4 Å². The van der Waals surface area contributed by atoms with Crippen LogP contribution in [0.25, 0.3) is 0 Å². The number of nitrogens with two attached hydrogens (primary N) is 2. The molecule has 1 rings (SSSR count). The van der Waals surface area contributed by atoms with Gasteiger partial charge in [-0.25, -0.2) is 0 Å². The second-order valence-electron chi connectivity index (χ2n) is 3.86. The van der Waals surface area contributed by atoms with Crippen LogP contribution in [-0.2, 0) is 0 Å². The van der Waals surface area contributed by atoms with Gasteiger partial charge in [0.25, 0.3) is 5.91 Å². The molecule has 1 aromatic carbocycles. The zero-order valence-electron chi connectivity index (χ0n) is 9.66. The van der Waals surface area contributed by atoms with Crippen molar-refractivity contribution in [3.8, 4) is 0 Å². The maximum atomic E-state index is 11.1. The number of amides is 1. The first-order valence-electron chi connectivity index (χ1n) is 5.09. The molecule has 0 aliphatic carbocycles. The molecular formula is C11H18N4O. The Morgan fingerprint density at radius 3 is 2.69 bits per heavy atom. The minimum atomic E-state index is -0.506. The molecule has 5 heteroatoms. The van der Waals surface area contributed by atoms with Crippen molar-refractivity contribution in [1.82, 2.24) is 4.90 Å². The summed E-state index contributed by atoms with van der Waals surface area (Å²) in [5.74, 6) is -0.506. The normalized spacial score (nSPS) is 10.4. The van der Waals surface area contributed by atoms with Gasteiger partial charge in [0.1, 0.15) is 0 Å². The first-order chi connectivity index (χ1) is 7.52. The van der Waals surface area contributed by atoms with E-state index < -0.39 is 5.91 Å². The van der Waals surface area contributed by atoms with Gasteiger partial charge >= 0.3 is 0 Å². The molecule has 0 radical (unpaired) electrons. The molecule has 0 bridgehead atoms. The number of nitrogens with one attached hydrogen (secondary N) is 1. The van der Waals surface area contributed by atoms with Crippen molar-refractivity contribution < 1.29 is 4.79 Å². The van der Waals surface area contributed by atoms with Gasteiger partial charge in [-0.05, 0) is 26.2 Å². The number of carbonyl (C=O) groups is 1. The van der Waals surface area contributed by atoms with E-state index in [0.29, 0.717) is 11.3 Å². The van der Waals surface area contributed by atoms with Crippen LogP contribution < -0.4 is 16.8 Å². The molecule has 1 amide bonds. The van der Waals surface area contributed by atoms with Gasteiger partial charge in [-0.1, -0.05) is 6.07 Å². The summed E-state index contributed by atoms with van der Waals surface area (Å²) >= 11 is 0. The number of nitrogens with zero attached hydrogens (tertiary/aromatic N) is 1. The Morgan fingerprint density at radius 1 is 1.44 bits per heavy atom. The van der Waals surface area contributed by atoms with Gasteiger partial charge in [0.15, 0.2) is 0 Å². The van der Waals surface area contributed by atoms with Crippen molar-refractivity contribution in [3.63, 3.8) is 0 Å². The average Bonchev–Trinajstić information content (AvgIpc) is 2.19. The van der Waals surface area contributed by atoms with Gasteiger partial charge in [-0.3, -0.25) is 4.79 Å². The standard InChI is InChI=1S/C11H18N4O/c1-15(2)7-6-14-9-5-3-4-8(10(9)12)11(13)16/h3-5,14H,6-7,12H2,1-2H3,(H2,13,16). The lowest BCUT2D eigenvalue weighted by atomic mass is 10.1. The Labute approximate surface area is 95.4 Å². The van der Waals surface area contributed by atoms with E-state index >= 15 is 0 Å². The van der Waals surface area contributed by atoms with E-state index in [9.17, 15) is 4.79 Å². The van der Waals surface area contributed by atoms with Gasteiger partial charge in [0.05, 0.1) is 16.9 Å². The Hall–Kier alpha value is -1.75. The van der Waals surface area contributed by atoms with Crippen LogP contribution in [0.5, 0.6) is 0 Å². The van der Waals surface area contributed by atoms with Crippen molar-refractivity contribution >= 4 is 17.3 Å². The zero-order chi connectivity index (χ0) is 12.1. The van der Waals surface area contributed by atoms with E-state index in [1.807, 2.05) is 20.2 Å². The molecule has 1 aromatic rings. The molecular weight excluding hydrogens is 204 g/mol. The van der Waals surface area contributed by atoms with Crippen molar-refractivity contribution in [3.05, 3.63) is 23.8 Å². The number of primary amides is 1. The van der Waals surface area contributed by atoms with Crippen LogP contribution in [0.4, 0.5) is 11.4 Å². The zero-order valence-corrected chi connectivity index (χ0v) is 9.66. The monoisotopic (exact) mass is 222 g/mol. The Kier molecular flexibility index (Phi) is 4.13. The van der Waals surface area contributed by atoms with Gasteiger partial charge in [0, 0.05) is 13.1 Å². The van der Waals surface area contributed by atoms with E-state index in [1.54, 1.807) is 12.1 Å². The minimum Gasteiger partial charge on any atom is -0.396 e. The van der Waals surface area contributed by atoms with Gasteiger partial charge in [-0.2, -0.15) is 0 Å². The van der Waals surface area contributed by atoms with Gasteiger partial charge in [-0.15, -0.1) is 0 Å². The molecule has 0 aromatic heterocycles. The second kappa shape index (κ2) is 5.37. The molecule has 0 saturated carbocycles. The first-order valence-corrected chi connectivity index (χ1v) is 5.09. The van der Waals surface area contributed by atoms with E-state index in [-0.39, 0.29) is 0 Å². The largest absolute Gasteiger partial charge is 0.396 e. The number of hydrogen-bond acceptors (Lipinski definition) is 4. The number of hydrogen-bond donors (Lipinski definition) is 3. The van der Waals surface area contributed by atoms with E-state index in [2.05, 4.69) is 10.2 Å². The molecule has 5 nitrogen and oxygen atoms in total. The molecule has 0 atom stereocenters. The van der Waals surface area contributed by atoms with Gasteiger partial charge in [0.2, 0.25) is 0 Å². The van der Waals surface area contributed by atoms with Crippen molar-refractivity contribution in [2.45, 2.75) is 0 Å². The number of nitrogen functional groups attached to an aromatic ring is 1. The predicted molar refractivity (Wildman–Crippen MR) is 66.4 cm³/mol. The molecule has 0 spiro atoms. The summed E-state index contributed by atoms with van der Waals surface area (Å²) < 4.78 is 0. The summed E-state index contributed by atoms with van der Waals surface area (Å²) in [4.78, 5) is 13.1. The lowest BCUT2D eigenvalue weighted by Crippen LogP contribution is -2.21. The fourth-order valence-corrected chi connectivity index (χ4v) is 1.35. The molecule has 88 valence electrons. The molecule has 0 saturated heterocycles. The maximum absolute atomic E-state index is 11.1. The third-order valence-electron chi connectivity index (χ3n) is 2.25. The third-order valence-corrected chi connectivity index (χ3v) is 2.25. The number of para-hydroxylation sites is 1. The average molecular weight is 222 g/mol. The predicted octanol–water partition coefficient (Wildman–Crippen LogP) is 0.341. The van der Waals surface area contributed by atoms with Crippen LogP contribution in [0.2, 0.25) is 0 Å². The van der Waals surface area contributed by atoms with Crippen LogP contribution >= 0.6 is 0 Å². The number of rotatable bonds is 5. The Bertz CT molecular complexity index is 376. The smallest absolute Gasteiger partial charge is 0.250 e. The highest BCUT2D eigenvalue weighted by Gasteiger charge is 2.08. The fraction of sp³-hybridized carbons (Fsp3) is 0.364. The third kappa shape index (κ3) is 3.13. The van der Waals surface area contributed by atoms with E-state index in [4.69, 9.17) is 11.5 Å². The molecule has 0 heterocycles. The highest BCUT2D eigenvalue weighted by molar-refractivity contribution is 6.00. The number of likely N-dealkylation sites (N-methyl/N-ethyl adjacent to an activating group) is 1. The summed E-state index contributed by atoms with van der Waals surface area (Å²) in [6.45, 7) is 1.65.